The third kappa shape index (κ3) is 1.84. The number of rotatable bonds is 3. The standard InChI is InChI=1S/C12H13N3O3/c1-17-12(16)10-3-2-9-11(14-10)15(7-13-9)6-8-4-5-18-8/h2-3,7-8H,4-6H2,1H3. The van der Waals surface area contributed by atoms with E-state index in [9.17, 15) is 4.79 Å². The van der Waals surface area contributed by atoms with E-state index in [-0.39, 0.29) is 6.10 Å². The maximum absolute atomic E-state index is 11.4. The van der Waals surface area contributed by atoms with Gasteiger partial charge < -0.3 is 14.0 Å². The highest BCUT2D eigenvalue weighted by Crippen LogP contribution is 2.17. The van der Waals surface area contributed by atoms with E-state index in [1.165, 1.54) is 7.11 Å². The van der Waals surface area contributed by atoms with Crippen LogP contribution in [0.1, 0.15) is 16.9 Å². The molecule has 0 aliphatic carbocycles. The number of esters is 1. The van der Waals surface area contributed by atoms with Crippen molar-refractivity contribution in [3.8, 4) is 0 Å². The molecular weight excluding hydrogens is 234 g/mol. The van der Waals surface area contributed by atoms with E-state index in [4.69, 9.17) is 4.74 Å². The number of imidazole rings is 1. The van der Waals surface area contributed by atoms with E-state index < -0.39 is 5.97 Å². The van der Waals surface area contributed by atoms with Gasteiger partial charge in [-0.2, -0.15) is 0 Å². The van der Waals surface area contributed by atoms with Crippen molar-refractivity contribution in [3.63, 3.8) is 0 Å². The highest BCUT2D eigenvalue weighted by molar-refractivity contribution is 5.89. The van der Waals surface area contributed by atoms with Crippen molar-refractivity contribution in [1.82, 2.24) is 14.5 Å². The lowest BCUT2D eigenvalue weighted by atomic mass is 10.2. The summed E-state index contributed by atoms with van der Waals surface area (Å²) in [5.74, 6) is -0.440. The monoisotopic (exact) mass is 247 g/mol. The van der Waals surface area contributed by atoms with Gasteiger partial charge in [-0.1, -0.05) is 0 Å². The Balaban J connectivity index is 1.96. The summed E-state index contributed by atoms with van der Waals surface area (Å²) in [5.41, 5.74) is 1.75. The van der Waals surface area contributed by atoms with Crippen LogP contribution in [0.3, 0.4) is 0 Å². The van der Waals surface area contributed by atoms with Gasteiger partial charge in [0, 0.05) is 6.61 Å². The van der Waals surface area contributed by atoms with Crippen molar-refractivity contribution >= 4 is 17.1 Å². The molecule has 18 heavy (non-hydrogen) atoms. The molecule has 6 nitrogen and oxygen atoms in total. The first-order chi connectivity index (χ1) is 8.78. The van der Waals surface area contributed by atoms with E-state index >= 15 is 0 Å². The summed E-state index contributed by atoms with van der Waals surface area (Å²) < 4.78 is 12.0. The summed E-state index contributed by atoms with van der Waals surface area (Å²) in [7, 11) is 1.34. The van der Waals surface area contributed by atoms with E-state index in [0.29, 0.717) is 17.9 Å². The highest BCUT2D eigenvalue weighted by Gasteiger charge is 2.20. The molecule has 2 aromatic heterocycles. The lowest BCUT2D eigenvalue weighted by Gasteiger charge is -2.26. The van der Waals surface area contributed by atoms with Crippen molar-refractivity contribution in [3.05, 3.63) is 24.2 Å². The molecule has 1 fully saturated rings. The van der Waals surface area contributed by atoms with Gasteiger partial charge in [0.1, 0.15) is 5.52 Å². The van der Waals surface area contributed by atoms with Crippen LogP contribution in [-0.2, 0) is 16.0 Å². The average Bonchev–Trinajstić information content (AvgIpc) is 2.75. The van der Waals surface area contributed by atoms with Crippen LogP contribution >= 0.6 is 0 Å². The summed E-state index contributed by atoms with van der Waals surface area (Å²) in [6.45, 7) is 1.53. The maximum Gasteiger partial charge on any atom is 0.356 e. The van der Waals surface area contributed by atoms with Crippen molar-refractivity contribution in [2.75, 3.05) is 13.7 Å². The van der Waals surface area contributed by atoms with E-state index in [2.05, 4.69) is 14.7 Å². The van der Waals surface area contributed by atoms with Gasteiger partial charge in [-0.15, -0.1) is 0 Å². The van der Waals surface area contributed by atoms with Crippen LogP contribution in [0, 0.1) is 0 Å². The predicted octanol–water partition coefficient (Wildman–Crippen LogP) is 1.01. The number of fused-ring (bicyclic) bond motifs is 1. The molecule has 0 amide bonds. The first-order valence-corrected chi connectivity index (χ1v) is 5.80. The lowest BCUT2D eigenvalue weighted by Crippen LogP contribution is -2.31. The van der Waals surface area contributed by atoms with Crippen molar-refractivity contribution in [2.24, 2.45) is 0 Å². The Hall–Kier alpha value is -1.95. The number of pyridine rings is 1. The minimum atomic E-state index is -0.440. The maximum atomic E-state index is 11.4. The second-order valence-corrected chi connectivity index (χ2v) is 4.21. The van der Waals surface area contributed by atoms with Gasteiger partial charge >= 0.3 is 5.97 Å². The number of ether oxygens (including phenoxy) is 2. The molecule has 1 aliphatic rings. The normalized spacial score (nSPS) is 18.6. The van der Waals surface area contributed by atoms with Crippen molar-refractivity contribution in [2.45, 2.75) is 19.1 Å². The van der Waals surface area contributed by atoms with E-state index in [1.54, 1.807) is 18.5 Å². The first-order valence-electron chi connectivity index (χ1n) is 5.80. The third-order valence-electron chi connectivity index (χ3n) is 3.05. The quantitative estimate of drug-likeness (QED) is 0.757. The van der Waals surface area contributed by atoms with Crippen molar-refractivity contribution in [1.29, 1.82) is 0 Å². The number of methoxy groups -OCH3 is 1. The Morgan fingerprint density at radius 3 is 3.11 bits per heavy atom. The Bertz CT molecular complexity index is 589. The molecule has 3 heterocycles. The molecular formula is C12H13N3O3. The molecule has 0 spiro atoms. The summed E-state index contributed by atoms with van der Waals surface area (Å²) in [5, 5.41) is 0. The molecule has 1 atom stereocenters. The first kappa shape index (κ1) is 11.2. The summed E-state index contributed by atoms with van der Waals surface area (Å²) in [6.07, 6.45) is 3.00. The fourth-order valence-electron chi connectivity index (χ4n) is 1.94. The van der Waals surface area contributed by atoms with Gasteiger partial charge in [-0.3, -0.25) is 0 Å². The van der Waals surface area contributed by atoms with Gasteiger partial charge in [0.05, 0.1) is 26.1 Å². The lowest BCUT2D eigenvalue weighted by molar-refractivity contribution is -0.0587. The number of hydrogen-bond donors (Lipinski definition) is 0. The van der Waals surface area contributed by atoms with E-state index in [1.807, 2.05) is 4.57 Å². The number of carbonyl (C=O) groups is 1. The molecule has 3 rings (SSSR count). The highest BCUT2D eigenvalue weighted by atomic mass is 16.5. The fraction of sp³-hybridized carbons (Fsp3) is 0.417. The zero-order valence-corrected chi connectivity index (χ0v) is 10.00. The molecule has 0 radical (unpaired) electrons. The third-order valence-corrected chi connectivity index (χ3v) is 3.05. The zero-order chi connectivity index (χ0) is 12.5. The van der Waals surface area contributed by atoms with Crippen LogP contribution in [0.25, 0.3) is 11.2 Å². The molecule has 0 N–H and O–H groups in total. The van der Waals surface area contributed by atoms with Crippen LogP contribution in [0.4, 0.5) is 0 Å². The molecule has 1 saturated heterocycles. The molecule has 1 unspecified atom stereocenters. The molecule has 94 valence electrons. The van der Waals surface area contributed by atoms with Gasteiger partial charge in [0.2, 0.25) is 0 Å². The molecule has 6 heteroatoms. The largest absolute Gasteiger partial charge is 0.464 e. The second-order valence-electron chi connectivity index (χ2n) is 4.21. The van der Waals surface area contributed by atoms with Crippen LogP contribution < -0.4 is 0 Å². The second kappa shape index (κ2) is 4.38. The Morgan fingerprint density at radius 2 is 2.44 bits per heavy atom. The fourth-order valence-corrected chi connectivity index (χ4v) is 1.94. The molecule has 0 aromatic carbocycles. The van der Waals surface area contributed by atoms with Crippen LogP contribution in [0.15, 0.2) is 18.5 Å². The SMILES string of the molecule is COC(=O)c1ccc2ncn(CC3CCO3)c2n1. The van der Waals surface area contributed by atoms with Gasteiger partial charge in [0.15, 0.2) is 11.3 Å². The molecule has 2 aromatic rings. The van der Waals surface area contributed by atoms with Gasteiger partial charge in [-0.05, 0) is 18.6 Å². The summed E-state index contributed by atoms with van der Waals surface area (Å²) in [6, 6.07) is 3.39. The Kier molecular flexibility index (Phi) is 2.71. The van der Waals surface area contributed by atoms with Gasteiger partial charge in [-0.25, -0.2) is 14.8 Å². The van der Waals surface area contributed by atoms with Crippen LogP contribution in [-0.4, -0.2) is 40.3 Å². The number of nitrogens with zero attached hydrogens (tertiary/aromatic N) is 3. The Morgan fingerprint density at radius 1 is 1.61 bits per heavy atom. The van der Waals surface area contributed by atoms with E-state index in [0.717, 1.165) is 18.5 Å². The number of hydrogen-bond acceptors (Lipinski definition) is 5. The number of carbonyl (C=O) groups excluding carboxylic acids is 1. The number of aromatic nitrogens is 3. The minimum Gasteiger partial charge on any atom is -0.464 e. The van der Waals surface area contributed by atoms with Gasteiger partial charge in [0.25, 0.3) is 0 Å². The minimum absolute atomic E-state index is 0.228. The molecule has 0 bridgehead atoms. The molecule has 0 saturated carbocycles. The Labute approximate surface area is 104 Å². The predicted molar refractivity (Wildman–Crippen MR) is 63.2 cm³/mol. The smallest absolute Gasteiger partial charge is 0.356 e. The van der Waals surface area contributed by atoms with Crippen LogP contribution in [0.5, 0.6) is 0 Å². The van der Waals surface area contributed by atoms with Crippen molar-refractivity contribution < 1.29 is 14.3 Å². The molecule has 1 aliphatic heterocycles. The topological polar surface area (TPSA) is 66.2 Å². The zero-order valence-electron chi connectivity index (χ0n) is 10.00. The summed E-state index contributed by atoms with van der Waals surface area (Å²) in [4.78, 5) is 20.0. The van der Waals surface area contributed by atoms with Crippen LogP contribution in [0.2, 0.25) is 0 Å². The summed E-state index contributed by atoms with van der Waals surface area (Å²) >= 11 is 0. The average molecular weight is 247 g/mol.